The quantitative estimate of drug-likeness (QED) is 0.251. The summed E-state index contributed by atoms with van der Waals surface area (Å²) >= 11 is 14.4. The Morgan fingerprint density at radius 3 is 1.78 bits per heavy atom. The number of ether oxygens (including phenoxy) is 1. The van der Waals surface area contributed by atoms with Crippen molar-refractivity contribution in [1.82, 2.24) is 0 Å². The first kappa shape index (κ1) is 12.8. The van der Waals surface area contributed by atoms with Crippen molar-refractivity contribution >= 4 is 41.0 Å². The molecule has 0 saturated heterocycles. The van der Waals surface area contributed by atoms with Gasteiger partial charge in [0.15, 0.2) is 0 Å². The molecule has 0 saturated carbocycles. The van der Waals surface area contributed by atoms with Crippen LogP contribution in [-0.4, -0.2) is 10.1 Å². The van der Waals surface area contributed by atoms with Gasteiger partial charge in [0, 0.05) is 0 Å². The molecule has 0 aliphatic rings. The van der Waals surface area contributed by atoms with E-state index in [0.29, 0.717) is 0 Å². The number of carbonyl (C=O) groups is 1. The molecule has 7 heteroatoms. The molecule has 0 aromatic carbocycles. The van der Waals surface area contributed by atoms with Gasteiger partial charge in [0.25, 0.3) is 10.1 Å². The van der Waals surface area contributed by atoms with Crippen molar-refractivity contribution in [3.8, 4) is 0 Å². The van der Waals surface area contributed by atoms with Gasteiger partial charge in [-0.15, -0.1) is 0 Å². The minimum Gasteiger partial charge on any atom is -0.503 e. The average Bonchev–Trinajstić information content (AvgIpc) is 1.21. The van der Waals surface area contributed by atoms with Crippen LogP contribution in [0.4, 0.5) is 4.79 Å². The van der Waals surface area contributed by atoms with Crippen LogP contribution in [0.15, 0.2) is 0 Å². The fraction of sp³-hybridized carbons (Fsp3) is 0.500. The van der Waals surface area contributed by atoms with Crippen LogP contribution in [0.3, 0.4) is 0 Å². The zero-order valence-electron chi connectivity index (χ0n) is 4.36. The number of hydrogen-bond donors (Lipinski definition) is 0. The van der Waals surface area contributed by atoms with Crippen LogP contribution in [0.5, 0.6) is 0 Å². The van der Waals surface area contributed by atoms with Crippen LogP contribution in [0.2, 0.25) is 0 Å². The molecule has 48 valence electrons. The minimum atomic E-state index is -2.22. The van der Waals surface area contributed by atoms with Gasteiger partial charge in [-0.25, -0.2) is 0 Å². The minimum absolute atomic E-state index is 0. The van der Waals surface area contributed by atoms with Gasteiger partial charge in [-0.1, -0.05) is 34.8 Å². The summed E-state index contributed by atoms with van der Waals surface area (Å²) in [4.78, 5) is 9.43. The van der Waals surface area contributed by atoms with Crippen LogP contribution < -0.4 is 34.7 Å². The van der Waals surface area contributed by atoms with Crippen LogP contribution in [0.1, 0.15) is 0 Å². The Hall–Kier alpha value is 1.14. The molecule has 0 aromatic rings. The van der Waals surface area contributed by atoms with E-state index in [1.54, 1.807) is 0 Å². The number of rotatable bonds is 0. The molecule has 0 radical (unpaired) electrons. The molecule has 0 rings (SSSR count). The first-order valence-corrected chi connectivity index (χ1v) is 2.52. The number of carbonyl (C=O) groups excluding carboxylic acids is 1. The van der Waals surface area contributed by atoms with Gasteiger partial charge in [-0.2, -0.15) is 0 Å². The summed E-state index contributed by atoms with van der Waals surface area (Å²) in [7, 11) is 0. The van der Waals surface area contributed by atoms with Crippen molar-refractivity contribution in [2.24, 2.45) is 0 Å². The Bertz CT molecular complexity index is 99.7. The summed E-state index contributed by atoms with van der Waals surface area (Å²) in [5.74, 6) is 0. The van der Waals surface area contributed by atoms with Crippen molar-refractivity contribution < 1.29 is 44.2 Å². The molecule has 0 fully saturated rings. The maximum Gasteiger partial charge on any atom is 1.00 e. The zero-order chi connectivity index (χ0) is 6.78. The van der Waals surface area contributed by atoms with Gasteiger partial charge < -0.3 is 14.6 Å². The van der Waals surface area contributed by atoms with Gasteiger partial charge in [0.2, 0.25) is 0 Å². The Balaban J connectivity index is 0. The van der Waals surface area contributed by atoms with Crippen molar-refractivity contribution in [3.05, 3.63) is 0 Å². The Morgan fingerprint density at radius 2 is 1.78 bits per heavy atom. The summed E-state index contributed by atoms with van der Waals surface area (Å²) in [6, 6.07) is 0. The van der Waals surface area contributed by atoms with Gasteiger partial charge in [0.1, 0.15) is 0 Å². The third kappa shape index (κ3) is 12.4. The van der Waals surface area contributed by atoms with Gasteiger partial charge in [0.05, 0.1) is 0 Å². The predicted molar refractivity (Wildman–Crippen MR) is 26.8 cm³/mol. The normalized spacial score (nSPS) is 9.67. The number of halogens is 3. The van der Waals surface area contributed by atoms with Crippen molar-refractivity contribution in [2.75, 3.05) is 0 Å². The van der Waals surface area contributed by atoms with Crippen LogP contribution in [0, 0.1) is 0 Å². The molecular formula is C2Cl3NaO3. The van der Waals surface area contributed by atoms with E-state index in [0.717, 1.165) is 0 Å². The number of alkyl halides is 3. The second kappa shape index (κ2) is 4.88. The van der Waals surface area contributed by atoms with Gasteiger partial charge >= 0.3 is 29.6 Å². The average molecular weight is 201 g/mol. The zero-order valence-corrected chi connectivity index (χ0v) is 8.63. The smallest absolute Gasteiger partial charge is 0.503 e. The second-order valence-electron chi connectivity index (χ2n) is 0.798. The molecule has 0 atom stereocenters. The molecule has 0 N–H and O–H groups in total. The van der Waals surface area contributed by atoms with Crippen molar-refractivity contribution in [3.63, 3.8) is 0 Å². The third-order valence-corrected chi connectivity index (χ3v) is 0.431. The molecule has 0 spiro atoms. The molecular weight excluding hydrogens is 201 g/mol. The first-order chi connectivity index (χ1) is 3.42. The molecule has 0 amide bonds. The van der Waals surface area contributed by atoms with Crippen LogP contribution in [0.25, 0.3) is 0 Å². The summed E-state index contributed by atoms with van der Waals surface area (Å²) in [6.45, 7) is 0. The molecule has 0 aliphatic carbocycles. The monoisotopic (exact) mass is 200 g/mol. The van der Waals surface area contributed by atoms with Crippen molar-refractivity contribution in [2.45, 2.75) is 3.98 Å². The van der Waals surface area contributed by atoms with Gasteiger partial charge in [-0.3, -0.25) is 0 Å². The number of carboxylic acid groups (broad SMARTS) is 1. The largest absolute Gasteiger partial charge is 1.00 e. The summed E-state index contributed by atoms with van der Waals surface area (Å²) in [5, 5.41) is 9.43. The summed E-state index contributed by atoms with van der Waals surface area (Å²) in [6.07, 6.45) is -1.87. The van der Waals surface area contributed by atoms with Crippen molar-refractivity contribution in [1.29, 1.82) is 0 Å². The molecule has 0 heterocycles. The molecule has 0 aromatic heterocycles. The maximum atomic E-state index is 9.43. The predicted octanol–water partition coefficient (Wildman–Crippen LogP) is -2.32. The van der Waals surface area contributed by atoms with E-state index in [9.17, 15) is 9.90 Å². The van der Waals surface area contributed by atoms with E-state index in [1.807, 2.05) is 0 Å². The fourth-order valence-corrected chi connectivity index (χ4v) is 0.283. The third-order valence-electron chi connectivity index (χ3n) is 0.199. The number of hydrogen-bond acceptors (Lipinski definition) is 3. The van der Waals surface area contributed by atoms with E-state index in [2.05, 4.69) is 4.74 Å². The Kier molecular flexibility index (Phi) is 6.93. The first-order valence-electron chi connectivity index (χ1n) is 1.38. The summed E-state index contributed by atoms with van der Waals surface area (Å²) in [5.41, 5.74) is 0. The molecule has 0 unspecified atom stereocenters. The summed E-state index contributed by atoms with van der Waals surface area (Å²) < 4.78 is 1.32. The van der Waals surface area contributed by atoms with E-state index in [-0.39, 0.29) is 29.6 Å². The molecule has 0 aliphatic heterocycles. The molecule has 3 nitrogen and oxygen atoms in total. The topological polar surface area (TPSA) is 49.4 Å². The van der Waals surface area contributed by atoms with E-state index in [1.165, 1.54) is 0 Å². The molecule has 9 heavy (non-hydrogen) atoms. The fourth-order valence-electron chi connectivity index (χ4n) is 0.0945. The van der Waals surface area contributed by atoms with E-state index >= 15 is 0 Å². The Morgan fingerprint density at radius 1 is 1.44 bits per heavy atom. The molecule has 0 bridgehead atoms. The SMILES string of the molecule is O=C([O-])OC(Cl)(Cl)Cl.[Na+]. The van der Waals surface area contributed by atoms with E-state index < -0.39 is 10.1 Å². The van der Waals surface area contributed by atoms with E-state index in [4.69, 9.17) is 34.8 Å². The second-order valence-corrected chi connectivity index (χ2v) is 2.97. The standard InChI is InChI=1S/C2HCl3O3.Na/c3-2(4,5)8-1(6)7;/h(H,6,7);/q;+1/p-1. The van der Waals surface area contributed by atoms with Crippen LogP contribution >= 0.6 is 34.8 Å². The van der Waals surface area contributed by atoms with Crippen LogP contribution in [-0.2, 0) is 4.74 Å². The maximum absolute atomic E-state index is 9.43. The van der Waals surface area contributed by atoms with Gasteiger partial charge in [-0.05, 0) is 0 Å². The Labute approximate surface area is 88.5 Å².